The van der Waals surface area contributed by atoms with Crippen molar-refractivity contribution >= 4 is 0 Å². The van der Waals surface area contributed by atoms with Gasteiger partial charge in [-0.3, -0.25) is 4.90 Å². The summed E-state index contributed by atoms with van der Waals surface area (Å²) in [4.78, 5) is 11.8. The molecule has 2 heterocycles. The van der Waals surface area contributed by atoms with E-state index in [9.17, 15) is 0 Å². The summed E-state index contributed by atoms with van der Waals surface area (Å²) in [6, 6.07) is 8.34. The van der Waals surface area contributed by atoms with E-state index < -0.39 is 0 Å². The molecule has 0 N–H and O–H groups in total. The fraction of sp³-hybridized carbons (Fsp3) is 0.444. The number of hydrogen-bond donors (Lipinski definition) is 0. The Morgan fingerprint density at radius 2 is 2.05 bits per heavy atom. The fourth-order valence-corrected chi connectivity index (χ4v) is 3.04. The summed E-state index contributed by atoms with van der Waals surface area (Å²) < 4.78 is 5.22. The monoisotopic (exact) mass is 295 g/mol. The summed E-state index contributed by atoms with van der Waals surface area (Å²) in [7, 11) is 1.70. The predicted molar refractivity (Wildman–Crippen MR) is 84.8 cm³/mol. The van der Waals surface area contributed by atoms with Crippen LogP contribution in [-0.2, 0) is 19.5 Å². The summed E-state index contributed by atoms with van der Waals surface area (Å²) in [5.74, 6) is 2.60. The molecular formula is C18H21N3O. The summed E-state index contributed by atoms with van der Waals surface area (Å²) in [6.07, 6.45) is 5.62. The summed E-state index contributed by atoms with van der Waals surface area (Å²) in [5, 5.41) is 0. The molecule has 0 saturated heterocycles. The topological polar surface area (TPSA) is 38.2 Å². The first-order valence-corrected chi connectivity index (χ1v) is 8.02. The highest BCUT2D eigenvalue weighted by Crippen LogP contribution is 2.38. The second kappa shape index (κ2) is 5.69. The second-order valence-corrected chi connectivity index (χ2v) is 6.28. The Labute approximate surface area is 131 Å². The molecule has 4 heteroatoms. The number of aromatic nitrogens is 2. The highest BCUT2D eigenvalue weighted by atomic mass is 16.5. The number of ether oxygens (including phenoxy) is 1. The van der Waals surface area contributed by atoms with Crippen LogP contribution in [0.25, 0.3) is 0 Å². The van der Waals surface area contributed by atoms with Crippen LogP contribution in [0.5, 0.6) is 5.75 Å². The lowest BCUT2D eigenvalue weighted by molar-refractivity contribution is 0.240. The van der Waals surface area contributed by atoms with E-state index in [4.69, 9.17) is 9.72 Å². The van der Waals surface area contributed by atoms with Gasteiger partial charge in [0.05, 0.1) is 12.8 Å². The molecule has 0 amide bonds. The first-order chi connectivity index (χ1) is 10.8. The lowest BCUT2D eigenvalue weighted by Crippen LogP contribution is -2.31. The Kier molecular flexibility index (Phi) is 3.54. The van der Waals surface area contributed by atoms with E-state index >= 15 is 0 Å². The van der Waals surface area contributed by atoms with Crippen LogP contribution in [0.3, 0.4) is 0 Å². The van der Waals surface area contributed by atoms with E-state index in [0.717, 1.165) is 37.6 Å². The minimum Gasteiger partial charge on any atom is -0.497 e. The predicted octanol–water partition coefficient (Wildman–Crippen LogP) is 2.92. The van der Waals surface area contributed by atoms with Crippen molar-refractivity contribution in [1.82, 2.24) is 14.9 Å². The zero-order valence-electron chi connectivity index (χ0n) is 13.0. The second-order valence-electron chi connectivity index (χ2n) is 6.28. The molecule has 4 nitrogen and oxygen atoms in total. The zero-order chi connectivity index (χ0) is 14.9. The van der Waals surface area contributed by atoms with Crippen LogP contribution in [-0.4, -0.2) is 28.5 Å². The van der Waals surface area contributed by atoms with Gasteiger partial charge in [-0.05, 0) is 42.5 Å². The van der Waals surface area contributed by atoms with Gasteiger partial charge in [0.2, 0.25) is 0 Å². The molecule has 2 aromatic rings. The van der Waals surface area contributed by atoms with Gasteiger partial charge >= 0.3 is 0 Å². The third kappa shape index (κ3) is 2.83. The van der Waals surface area contributed by atoms with Crippen molar-refractivity contribution in [3.8, 4) is 5.75 Å². The normalized spacial score (nSPS) is 18.0. The first kappa shape index (κ1) is 13.7. The number of hydrogen-bond acceptors (Lipinski definition) is 4. The van der Waals surface area contributed by atoms with E-state index in [0.29, 0.717) is 5.92 Å². The molecular weight excluding hydrogens is 274 g/mol. The van der Waals surface area contributed by atoms with Gasteiger partial charge in [0.1, 0.15) is 11.6 Å². The molecule has 4 rings (SSSR count). The summed E-state index contributed by atoms with van der Waals surface area (Å²) in [6.45, 7) is 2.97. The molecule has 1 saturated carbocycles. The lowest BCUT2D eigenvalue weighted by Gasteiger charge is -2.28. The summed E-state index contributed by atoms with van der Waals surface area (Å²) >= 11 is 0. The Morgan fingerprint density at radius 3 is 2.77 bits per heavy atom. The lowest BCUT2D eigenvalue weighted by atomic mass is 10.1. The Balaban J connectivity index is 1.47. The van der Waals surface area contributed by atoms with Gasteiger partial charge in [-0.2, -0.15) is 0 Å². The van der Waals surface area contributed by atoms with Gasteiger partial charge in [0.15, 0.2) is 0 Å². The Morgan fingerprint density at radius 1 is 1.23 bits per heavy atom. The molecule has 22 heavy (non-hydrogen) atoms. The number of fused-ring (bicyclic) bond motifs is 1. The molecule has 0 unspecified atom stereocenters. The van der Waals surface area contributed by atoms with Crippen molar-refractivity contribution in [3.05, 3.63) is 53.1 Å². The van der Waals surface area contributed by atoms with Crippen LogP contribution in [0, 0.1) is 0 Å². The Hall–Kier alpha value is -1.94. The van der Waals surface area contributed by atoms with E-state index in [1.54, 1.807) is 7.11 Å². The van der Waals surface area contributed by atoms with Crippen molar-refractivity contribution in [1.29, 1.82) is 0 Å². The number of methoxy groups -OCH3 is 1. The van der Waals surface area contributed by atoms with Crippen LogP contribution >= 0.6 is 0 Å². The SMILES string of the molecule is COc1ccc(CN2CCc3cnc(C4CC4)nc3C2)cc1. The molecule has 0 atom stereocenters. The van der Waals surface area contributed by atoms with Crippen LogP contribution in [0.1, 0.15) is 41.4 Å². The van der Waals surface area contributed by atoms with Crippen LogP contribution < -0.4 is 4.74 Å². The average molecular weight is 295 g/mol. The highest BCUT2D eigenvalue weighted by molar-refractivity contribution is 5.28. The molecule has 0 radical (unpaired) electrons. The Bertz CT molecular complexity index is 665. The number of rotatable bonds is 4. The van der Waals surface area contributed by atoms with Gasteiger partial charge in [0.25, 0.3) is 0 Å². The van der Waals surface area contributed by atoms with Gasteiger partial charge in [0, 0.05) is 31.7 Å². The first-order valence-electron chi connectivity index (χ1n) is 8.02. The van der Waals surface area contributed by atoms with Crippen molar-refractivity contribution < 1.29 is 4.74 Å². The quantitative estimate of drug-likeness (QED) is 0.869. The van der Waals surface area contributed by atoms with Gasteiger partial charge in [-0.15, -0.1) is 0 Å². The minimum atomic E-state index is 0.627. The molecule has 1 aliphatic carbocycles. The number of nitrogens with zero attached hydrogens (tertiary/aromatic N) is 3. The van der Waals surface area contributed by atoms with Crippen LogP contribution in [0.4, 0.5) is 0 Å². The minimum absolute atomic E-state index is 0.627. The molecule has 1 aromatic carbocycles. The fourth-order valence-electron chi connectivity index (χ4n) is 3.04. The maximum absolute atomic E-state index is 5.22. The van der Waals surface area contributed by atoms with Gasteiger partial charge < -0.3 is 4.74 Å². The van der Waals surface area contributed by atoms with Gasteiger partial charge in [-0.25, -0.2) is 9.97 Å². The van der Waals surface area contributed by atoms with E-state index in [-0.39, 0.29) is 0 Å². The maximum atomic E-state index is 5.22. The van der Waals surface area contributed by atoms with Crippen LogP contribution in [0.2, 0.25) is 0 Å². The molecule has 0 bridgehead atoms. The van der Waals surface area contributed by atoms with Crippen molar-refractivity contribution in [2.24, 2.45) is 0 Å². The molecule has 2 aliphatic rings. The van der Waals surface area contributed by atoms with Gasteiger partial charge in [-0.1, -0.05) is 12.1 Å². The molecule has 0 spiro atoms. The summed E-state index contributed by atoms with van der Waals surface area (Å²) in [5.41, 5.74) is 3.88. The van der Waals surface area contributed by atoms with Crippen molar-refractivity contribution in [2.75, 3.05) is 13.7 Å². The third-order valence-corrected chi connectivity index (χ3v) is 4.55. The van der Waals surface area contributed by atoms with Crippen molar-refractivity contribution in [3.63, 3.8) is 0 Å². The molecule has 1 aliphatic heterocycles. The maximum Gasteiger partial charge on any atom is 0.131 e. The average Bonchev–Trinajstić information content (AvgIpc) is 3.40. The number of benzene rings is 1. The standard InChI is InChI=1S/C18H21N3O/c1-22-16-6-2-13(3-7-16)11-21-9-8-15-10-19-18(14-4-5-14)20-17(15)12-21/h2-3,6-7,10,14H,4-5,8-9,11-12H2,1H3. The smallest absolute Gasteiger partial charge is 0.131 e. The van der Waals surface area contributed by atoms with E-state index in [2.05, 4.69) is 28.2 Å². The van der Waals surface area contributed by atoms with Crippen LogP contribution in [0.15, 0.2) is 30.5 Å². The molecule has 1 fully saturated rings. The molecule has 1 aromatic heterocycles. The largest absolute Gasteiger partial charge is 0.497 e. The third-order valence-electron chi connectivity index (χ3n) is 4.55. The van der Waals surface area contributed by atoms with Crippen molar-refractivity contribution in [2.45, 2.75) is 38.3 Å². The molecule has 114 valence electrons. The highest BCUT2D eigenvalue weighted by Gasteiger charge is 2.28. The van der Waals surface area contributed by atoms with E-state index in [1.807, 2.05) is 12.1 Å². The zero-order valence-corrected chi connectivity index (χ0v) is 13.0. The van der Waals surface area contributed by atoms with E-state index in [1.165, 1.54) is 29.7 Å².